The van der Waals surface area contributed by atoms with Gasteiger partial charge in [0.15, 0.2) is 0 Å². The molecular weight excluding hydrogens is 474 g/mol. The molecule has 7 nitrogen and oxygen atoms in total. The number of amides is 2. The lowest BCUT2D eigenvalue weighted by Crippen LogP contribution is -2.51. The molecule has 3 aromatic rings. The van der Waals surface area contributed by atoms with Crippen LogP contribution in [0, 0.1) is 0 Å². The third-order valence-electron chi connectivity index (χ3n) is 5.61. The number of fused-ring (bicyclic) bond motifs is 1. The number of carbonyl (C=O) groups excluding carboxylic acids is 2. The highest BCUT2D eigenvalue weighted by Gasteiger charge is 2.31. The largest absolute Gasteiger partial charge is 0.357 e. The molecule has 3 aromatic carbocycles. The standard InChI is InChI=1S/C25H28ClN3O4S/c1-4-22(25(31)27-2)28(16-18-12-14-20(26)15-13-18)24(30)17-29(34(3,32)33)23-11-7-9-19-8-5-6-10-21(19)23/h5-15,22H,4,16-17H2,1-3H3,(H,27,31). The zero-order valence-electron chi connectivity index (χ0n) is 19.4. The van der Waals surface area contributed by atoms with Gasteiger partial charge in [0, 0.05) is 24.0 Å². The van der Waals surface area contributed by atoms with Crippen molar-refractivity contribution in [1.29, 1.82) is 0 Å². The van der Waals surface area contributed by atoms with E-state index in [0.717, 1.165) is 21.5 Å². The Bertz CT molecular complexity index is 1270. The van der Waals surface area contributed by atoms with Crippen LogP contribution in [0.15, 0.2) is 66.7 Å². The Balaban J connectivity index is 2.02. The Labute approximate surface area is 205 Å². The van der Waals surface area contributed by atoms with E-state index >= 15 is 0 Å². The zero-order valence-corrected chi connectivity index (χ0v) is 20.9. The number of hydrogen-bond acceptors (Lipinski definition) is 4. The summed E-state index contributed by atoms with van der Waals surface area (Å²) < 4.78 is 26.7. The number of likely N-dealkylation sites (N-methyl/N-ethyl adjacent to an activating group) is 1. The number of carbonyl (C=O) groups is 2. The predicted molar refractivity (Wildman–Crippen MR) is 136 cm³/mol. The van der Waals surface area contributed by atoms with Crippen LogP contribution in [-0.2, 0) is 26.2 Å². The van der Waals surface area contributed by atoms with Crippen molar-refractivity contribution < 1.29 is 18.0 Å². The Hall–Kier alpha value is -3.10. The topological polar surface area (TPSA) is 86.8 Å². The molecule has 0 aromatic heterocycles. The minimum atomic E-state index is -3.81. The lowest BCUT2D eigenvalue weighted by Gasteiger charge is -2.32. The monoisotopic (exact) mass is 501 g/mol. The SMILES string of the molecule is CCC(C(=O)NC)N(Cc1ccc(Cl)cc1)C(=O)CN(c1cccc2ccccc12)S(C)(=O)=O. The fraction of sp³-hybridized carbons (Fsp3) is 0.280. The van der Waals surface area contributed by atoms with Gasteiger partial charge in [-0.25, -0.2) is 8.42 Å². The van der Waals surface area contributed by atoms with Crippen molar-refractivity contribution in [3.05, 3.63) is 77.3 Å². The van der Waals surface area contributed by atoms with Crippen molar-refractivity contribution in [2.75, 3.05) is 24.2 Å². The van der Waals surface area contributed by atoms with Gasteiger partial charge < -0.3 is 10.2 Å². The van der Waals surface area contributed by atoms with Crippen molar-refractivity contribution in [2.24, 2.45) is 0 Å². The molecule has 9 heteroatoms. The third kappa shape index (κ3) is 5.87. The number of nitrogens with zero attached hydrogens (tertiary/aromatic N) is 2. The van der Waals surface area contributed by atoms with Crippen LogP contribution in [0.25, 0.3) is 10.8 Å². The van der Waals surface area contributed by atoms with Crippen LogP contribution in [0.2, 0.25) is 5.02 Å². The van der Waals surface area contributed by atoms with Crippen molar-refractivity contribution in [1.82, 2.24) is 10.2 Å². The molecular formula is C25H28ClN3O4S. The summed E-state index contributed by atoms with van der Waals surface area (Å²) in [6.07, 6.45) is 1.44. The van der Waals surface area contributed by atoms with E-state index in [0.29, 0.717) is 22.5 Å². The Kier molecular flexibility index (Phi) is 8.17. The van der Waals surface area contributed by atoms with E-state index in [1.165, 1.54) is 11.9 Å². The smallest absolute Gasteiger partial charge is 0.244 e. The van der Waals surface area contributed by atoms with Crippen LogP contribution in [0.4, 0.5) is 5.69 Å². The number of halogens is 1. The highest BCUT2D eigenvalue weighted by Crippen LogP contribution is 2.29. The highest BCUT2D eigenvalue weighted by molar-refractivity contribution is 7.92. The fourth-order valence-corrected chi connectivity index (χ4v) is 4.88. The molecule has 1 atom stereocenters. The van der Waals surface area contributed by atoms with E-state index in [1.54, 1.807) is 43.3 Å². The van der Waals surface area contributed by atoms with E-state index in [2.05, 4.69) is 5.32 Å². The maximum atomic E-state index is 13.6. The molecule has 180 valence electrons. The van der Waals surface area contributed by atoms with E-state index in [9.17, 15) is 18.0 Å². The van der Waals surface area contributed by atoms with Crippen LogP contribution in [0.1, 0.15) is 18.9 Å². The second-order valence-electron chi connectivity index (χ2n) is 7.95. The van der Waals surface area contributed by atoms with E-state index < -0.39 is 28.5 Å². The number of sulfonamides is 1. The van der Waals surface area contributed by atoms with Crippen molar-refractivity contribution in [3.8, 4) is 0 Å². The maximum Gasteiger partial charge on any atom is 0.244 e. The van der Waals surface area contributed by atoms with Gasteiger partial charge in [-0.1, -0.05) is 67.1 Å². The van der Waals surface area contributed by atoms with Crippen LogP contribution < -0.4 is 9.62 Å². The number of benzene rings is 3. The molecule has 0 aliphatic heterocycles. The van der Waals surface area contributed by atoms with Crippen LogP contribution in [0.5, 0.6) is 0 Å². The van der Waals surface area contributed by atoms with Crippen LogP contribution >= 0.6 is 11.6 Å². The minimum Gasteiger partial charge on any atom is -0.357 e. The summed E-state index contributed by atoms with van der Waals surface area (Å²) in [5.74, 6) is -0.801. The first-order chi connectivity index (χ1) is 16.2. The molecule has 0 aliphatic carbocycles. The average Bonchev–Trinajstić information content (AvgIpc) is 2.82. The molecule has 0 heterocycles. The van der Waals surface area contributed by atoms with Crippen LogP contribution in [-0.4, -0.2) is 51.0 Å². The third-order valence-corrected chi connectivity index (χ3v) is 6.99. The number of rotatable bonds is 9. The molecule has 0 fully saturated rings. The normalized spacial score (nSPS) is 12.2. The predicted octanol–water partition coefficient (Wildman–Crippen LogP) is 3.81. The van der Waals surface area contributed by atoms with Gasteiger partial charge in [-0.05, 0) is 35.6 Å². The second-order valence-corrected chi connectivity index (χ2v) is 10.3. The van der Waals surface area contributed by atoms with Gasteiger partial charge in [0.05, 0.1) is 11.9 Å². The summed E-state index contributed by atoms with van der Waals surface area (Å²) in [7, 11) is -2.30. The first-order valence-electron chi connectivity index (χ1n) is 10.9. The molecule has 3 rings (SSSR count). The first-order valence-corrected chi connectivity index (χ1v) is 13.1. The van der Waals surface area contributed by atoms with Gasteiger partial charge in [-0.15, -0.1) is 0 Å². The summed E-state index contributed by atoms with van der Waals surface area (Å²) in [5.41, 5.74) is 1.18. The molecule has 1 unspecified atom stereocenters. The van der Waals surface area contributed by atoms with Gasteiger partial charge in [0.1, 0.15) is 12.6 Å². The first kappa shape index (κ1) is 25.5. The quantitative estimate of drug-likeness (QED) is 0.483. The molecule has 0 spiro atoms. The summed E-state index contributed by atoms with van der Waals surface area (Å²) in [5, 5.41) is 4.73. The molecule has 1 N–H and O–H groups in total. The minimum absolute atomic E-state index is 0.134. The van der Waals surface area contributed by atoms with Crippen molar-refractivity contribution >= 4 is 49.9 Å². The van der Waals surface area contributed by atoms with E-state index in [4.69, 9.17) is 11.6 Å². The van der Waals surface area contributed by atoms with Gasteiger partial charge >= 0.3 is 0 Å². The number of hydrogen-bond donors (Lipinski definition) is 1. The van der Waals surface area contributed by atoms with Gasteiger partial charge in [0.2, 0.25) is 21.8 Å². The molecule has 0 saturated carbocycles. The zero-order chi connectivity index (χ0) is 24.9. The molecule has 0 radical (unpaired) electrons. The summed E-state index contributed by atoms with van der Waals surface area (Å²) in [4.78, 5) is 27.6. The molecule has 0 aliphatic rings. The molecule has 34 heavy (non-hydrogen) atoms. The highest BCUT2D eigenvalue weighted by atomic mass is 35.5. The number of anilines is 1. The lowest BCUT2D eigenvalue weighted by atomic mass is 10.1. The van der Waals surface area contributed by atoms with Gasteiger partial charge in [-0.3, -0.25) is 13.9 Å². The van der Waals surface area contributed by atoms with Crippen molar-refractivity contribution in [3.63, 3.8) is 0 Å². The maximum absolute atomic E-state index is 13.6. The van der Waals surface area contributed by atoms with Gasteiger partial charge in [-0.2, -0.15) is 0 Å². The fourth-order valence-electron chi connectivity index (χ4n) is 3.89. The molecule has 2 amide bonds. The van der Waals surface area contributed by atoms with E-state index in [1.807, 2.05) is 30.3 Å². The average molecular weight is 502 g/mol. The second kappa shape index (κ2) is 10.9. The van der Waals surface area contributed by atoms with E-state index in [-0.39, 0.29) is 12.5 Å². The Morgan fingerprint density at radius 1 is 1.00 bits per heavy atom. The van der Waals surface area contributed by atoms with Crippen molar-refractivity contribution in [2.45, 2.75) is 25.9 Å². The molecule has 0 bridgehead atoms. The molecule has 0 saturated heterocycles. The van der Waals surface area contributed by atoms with Crippen LogP contribution in [0.3, 0.4) is 0 Å². The summed E-state index contributed by atoms with van der Waals surface area (Å²) in [6, 6.07) is 18.9. The lowest BCUT2D eigenvalue weighted by molar-refractivity contribution is -0.140. The summed E-state index contributed by atoms with van der Waals surface area (Å²) >= 11 is 5.99. The Morgan fingerprint density at radius 2 is 1.65 bits per heavy atom. The summed E-state index contributed by atoms with van der Waals surface area (Å²) in [6.45, 7) is 1.50. The van der Waals surface area contributed by atoms with Gasteiger partial charge in [0.25, 0.3) is 0 Å². The Morgan fingerprint density at radius 3 is 2.26 bits per heavy atom. The number of nitrogens with one attached hydrogen (secondary N) is 1.